The lowest BCUT2D eigenvalue weighted by atomic mass is 10.0. The van der Waals surface area contributed by atoms with Crippen molar-refractivity contribution in [2.75, 3.05) is 0 Å². The Morgan fingerprint density at radius 2 is 1.44 bits per heavy atom. The van der Waals surface area contributed by atoms with E-state index in [0.29, 0.717) is 12.8 Å². The van der Waals surface area contributed by atoms with Gasteiger partial charge in [-0.1, -0.05) is 0 Å². The number of esters is 1. The fourth-order valence-electron chi connectivity index (χ4n) is 3.96. The molecule has 7 heteroatoms. The summed E-state index contributed by atoms with van der Waals surface area (Å²) in [5.41, 5.74) is 0. The van der Waals surface area contributed by atoms with Crippen molar-refractivity contribution in [1.29, 1.82) is 0 Å². The number of hydrogen-bond acceptors (Lipinski definition) is 6. The lowest BCUT2D eigenvalue weighted by molar-refractivity contribution is -0.159. The molecule has 0 spiro atoms. The van der Waals surface area contributed by atoms with E-state index in [9.17, 15) is 14.7 Å². The second-order valence-corrected chi connectivity index (χ2v) is 8.23. The zero-order chi connectivity index (χ0) is 20.1. The van der Waals surface area contributed by atoms with E-state index in [1.807, 2.05) is 13.8 Å². The second-order valence-electron chi connectivity index (χ2n) is 8.23. The van der Waals surface area contributed by atoms with Crippen molar-refractivity contribution in [3.8, 4) is 0 Å². The van der Waals surface area contributed by atoms with Gasteiger partial charge >= 0.3 is 11.9 Å². The van der Waals surface area contributed by atoms with Gasteiger partial charge in [0.25, 0.3) is 0 Å². The van der Waals surface area contributed by atoms with Gasteiger partial charge in [0, 0.05) is 6.42 Å². The first-order valence-electron chi connectivity index (χ1n) is 10.1. The van der Waals surface area contributed by atoms with E-state index >= 15 is 0 Å². The standard InChI is InChI=1S/C20H34O7/c1-11(21)9-15-5-8-18(26-15)14(4)20(24)25-12(2)10-16-6-7-17(27-16)13(3)19(22)23/h11-18,21H,5-10H2,1-4H3,(H,22,23)/t11-,12-,13+,14+,15+,16-,17+,18+/m0/s1. The minimum atomic E-state index is -0.848. The molecule has 0 aromatic heterocycles. The topological polar surface area (TPSA) is 102 Å². The molecule has 0 aliphatic carbocycles. The van der Waals surface area contributed by atoms with Crippen LogP contribution in [0, 0.1) is 11.8 Å². The lowest BCUT2D eigenvalue weighted by Gasteiger charge is -2.23. The van der Waals surface area contributed by atoms with Crippen LogP contribution in [0.2, 0.25) is 0 Å². The number of carboxylic acids is 1. The predicted molar refractivity (Wildman–Crippen MR) is 98.2 cm³/mol. The van der Waals surface area contributed by atoms with Crippen molar-refractivity contribution in [2.24, 2.45) is 11.8 Å². The lowest BCUT2D eigenvalue weighted by Crippen LogP contribution is -2.32. The van der Waals surface area contributed by atoms with Crippen LogP contribution in [0.1, 0.15) is 66.2 Å². The summed E-state index contributed by atoms with van der Waals surface area (Å²) >= 11 is 0. The molecule has 0 radical (unpaired) electrons. The summed E-state index contributed by atoms with van der Waals surface area (Å²) in [6.45, 7) is 7.06. The van der Waals surface area contributed by atoms with Crippen molar-refractivity contribution in [2.45, 2.75) is 103 Å². The van der Waals surface area contributed by atoms with Gasteiger partial charge in [-0.15, -0.1) is 0 Å². The van der Waals surface area contributed by atoms with Gasteiger partial charge in [-0.3, -0.25) is 9.59 Å². The molecular weight excluding hydrogens is 352 g/mol. The van der Waals surface area contributed by atoms with Crippen LogP contribution in [-0.4, -0.2) is 58.8 Å². The number of carbonyl (C=O) groups excluding carboxylic acids is 1. The third-order valence-corrected chi connectivity index (χ3v) is 5.67. The summed E-state index contributed by atoms with van der Waals surface area (Å²) in [7, 11) is 0. The fraction of sp³-hybridized carbons (Fsp3) is 0.900. The molecule has 2 fully saturated rings. The van der Waals surface area contributed by atoms with Crippen LogP contribution in [0.3, 0.4) is 0 Å². The Morgan fingerprint density at radius 3 is 1.96 bits per heavy atom. The van der Waals surface area contributed by atoms with E-state index < -0.39 is 18.0 Å². The summed E-state index contributed by atoms with van der Waals surface area (Å²) in [6.07, 6.45) is 3.08. The van der Waals surface area contributed by atoms with Gasteiger partial charge < -0.3 is 24.4 Å². The first kappa shape index (κ1) is 22.1. The molecule has 0 aromatic rings. The second kappa shape index (κ2) is 9.85. The Labute approximate surface area is 161 Å². The molecule has 2 N–H and O–H groups in total. The van der Waals surface area contributed by atoms with Crippen LogP contribution in [0.5, 0.6) is 0 Å². The van der Waals surface area contributed by atoms with Crippen molar-refractivity contribution >= 4 is 11.9 Å². The molecule has 2 aliphatic rings. The number of ether oxygens (including phenoxy) is 3. The molecule has 156 valence electrons. The molecule has 2 aliphatic heterocycles. The smallest absolute Gasteiger partial charge is 0.311 e. The third-order valence-electron chi connectivity index (χ3n) is 5.67. The normalized spacial score (nSPS) is 32.6. The molecule has 2 heterocycles. The number of aliphatic hydroxyl groups is 1. The van der Waals surface area contributed by atoms with E-state index in [4.69, 9.17) is 19.3 Å². The number of rotatable bonds is 9. The summed E-state index contributed by atoms with van der Waals surface area (Å²) in [5.74, 6) is -2.00. The number of aliphatic hydroxyl groups excluding tert-OH is 1. The molecular formula is C20H34O7. The van der Waals surface area contributed by atoms with E-state index in [1.54, 1.807) is 13.8 Å². The molecule has 0 unspecified atom stereocenters. The first-order valence-corrected chi connectivity index (χ1v) is 10.1. The Hall–Kier alpha value is -1.18. The Kier molecular flexibility index (Phi) is 8.06. The minimum Gasteiger partial charge on any atom is -0.481 e. The number of carbonyl (C=O) groups is 2. The van der Waals surface area contributed by atoms with Crippen LogP contribution >= 0.6 is 0 Å². The molecule has 0 amide bonds. The molecule has 8 atom stereocenters. The van der Waals surface area contributed by atoms with Gasteiger partial charge in [-0.05, 0) is 59.8 Å². The van der Waals surface area contributed by atoms with Crippen LogP contribution in [0.25, 0.3) is 0 Å². The van der Waals surface area contributed by atoms with E-state index in [-0.39, 0.29) is 42.4 Å². The maximum atomic E-state index is 12.4. The van der Waals surface area contributed by atoms with E-state index in [1.165, 1.54) is 0 Å². The van der Waals surface area contributed by atoms with Crippen molar-refractivity contribution < 1.29 is 34.0 Å². The minimum absolute atomic E-state index is 0.00252. The van der Waals surface area contributed by atoms with Crippen molar-refractivity contribution in [3.63, 3.8) is 0 Å². The number of aliphatic carboxylic acids is 1. The molecule has 27 heavy (non-hydrogen) atoms. The van der Waals surface area contributed by atoms with Gasteiger partial charge in [0.1, 0.15) is 6.10 Å². The summed E-state index contributed by atoms with van der Waals surface area (Å²) in [6, 6.07) is 0. The SMILES string of the molecule is C[C@H](O)C[C@H]1CC[C@H]([C@@H](C)C(=O)O[C@@H](C)C[C@@H]2CC[C@H]([C@@H](C)C(=O)O)O2)O1. The zero-order valence-electron chi connectivity index (χ0n) is 16.8. The van der Waals surface area contributed by atoms with Crippen molar-refractivity contribution in [3.05, 3.63) is 0 Å². The highest BCUT2D eigenvalue weighted by atomic mass is 16.6. The number of carboxylic acid groups (broad SMARTS) is 1. The molecule has 0 aromatic carbocycles. The highest BCUT2D eigenvalue weighted by Crippen LogP contribution is 2.30. The first-order chi connectivity index (χ1) is 12.7. The van der Waals surface area contributed by atoms with Crippen LogP contribution in [-0.2, 0) is 23.8 Å². The van der Waals surface area contributed by atoms with Gasteiger partial charge in [0.15, 0.2) is 0 Å². The number of hydrogen-bond donors (Lipinski definition) is 2. The maximum Gasteiger partial charge on any atom is 0.311 e. The maximum absolute atomic E-state index is 12.4. The molecule has 0 bridgehead atoms. The van der Waals surface area contributed by atoms with Crippen molar-refractivity contribution in [1.82, 2.24) is 0 Å². The van der Waals surface area contributed by atoms with E-state index in [2.05, 4.69) is 0 Å². The summed E-state index contributed by atoms with van der Waals surface area (Å²) in [4.78, 5) is 23.5. The van der Waals surface area contributed by atoms with Crippen LogP contribution in [0.15, 0.2) is 0 Å². The largest absolute Gasteiger partial charge is 0.481 e. The monoisotopic (exact) mass is 386 g/mol. The Balaban J connectivity index is 1.73. The van der Waals surface area contributed by atoms with Crippen LogP contribution in [0.4, 0.5) is 0 Å². The summed E-state index contributed by atoms with van der Waals surface area (Å²) < 4.78 is 17.3. The summed E-state index contributed by atoms with van der Waals surface area (Å²) in [5, 5.41) is 18.6. The highest BCUT2D eigenvalue weighted by molar-refractivity contribution is 5.73. The molecule has 2 rings (SSSR count). The molecule has 0 saturated carbocycles. The molecule has 2 saturated heterocycles. The van der Waals surface area contributed by atoms with Gasteiger partial charge in [0.05, 0.1) is 42.4 Å². The average Bonchev–Trinajstić information content (AvgIpc) is 3.22. The van der Waals surface area contributed by atoms with Gasteiger partial charge in [-0.2, -0.15) is 0 Å². The highest BCUT2D eigenvalue weighted by Gasteiger charge is 2.36. The fourth-order valence-corrected chi connectivity index (χ4v) is 3.96. The van der Waals surface area contributed by atoms with Gasteiger partial charge in [0.2, 0.25) is 0 Å². The quantitative estimate of drug-likeness (QED) is 0.587. The Morgan fingerprint density at radius 1 is 0.926 bits per heavy atom. The third kappa shape index (κ3) is 6.43. The van der Waals surface area contributed by atoms with Crippen LogP contribution < -0.4 is 0 Å². The Bertz CT molecular complexity index is 507. The predicted octanol–water partition coefficient (Wildman–Crippen LogP) is 2.53. The van der Waals surface area contributed by atoms with Gasteiger partial charge in [-0.25, -0.2) is 0 Å². The average molecular weight is 386 g/mol. The molecule has 7 nitrogen and oxygen atoms in total. The zero-order valence-corrected chi connectivity index (χ0v) is 16.8. The van der Waals surface area contributed by atoms with E-state index in [0.717, 1.165) is 25.7 Å².